The number of carbonyl (C=O) groups excluding carboxylic acids is 4. The molecule has 0 saturated carbocycles. The van der Waals surface area contributed by atoms with Crippen molar-refractivity contribution >= 4 is 39.5 Å². The van der Waals surface area contributed by atoms with Crippen LogP contribution in [-0.2, 0) is 65.4 Å². The molecule has 0 fully saturated rings. The fraction of sp³-hybridized carbons (Fsp3) is 0.949. The summed E-state index contributed by atoms with van der Waals surface area (Å²) in [7, 11) is -9.91. The van der Waals surface area contributed by atoms with Crippen LogP contribution in [0.5, 0.6) is 0 Å². The summed E-state index contributed by atoms with van der Waals surface area (Å²) in [5.41, 5.74) is 0. The molecule has 0 aromatic carbocycles. The molecular weight excluding hydrogens is 1280 g/mol. The summed E-state index contributed by atoms with van der Waals surface area (Å²) in [4.78, 5) is 72.8. The van der Waals surface area contributed by atoms with Gasteiger partial charge in [-0.15, -0.1) is 0 Å². The average molecular weight is 1440 g/mol. The van der Waals surface area contributed by atoms with E-state index in [-0.39, 0.29) is 25.7 Å². The third-order valence-corrected chi connectivity index (χ3v) is 20.2. The standard InChI is InChI=1S/C79H154O17P2/c1-69(2)55-47-39-31-26-22-18-14-11-9-10-12-16-20-24-28-34-43-51-59-76(81)89-65-74(95-78(83)61-53-45-35-29-25-21-17-13-15-19-23-27-32-40-48-56-70(3)4)67-93-97(85,86)91-63-73(80)64-92-98(87,88)94-68-75(96-79(84)62-54-46-38-37-42-50-58-72(7)8)66-90-77(82)60-52-44-36-30-33-41-49-57-71(5)6/h69-75,80H,9-68H2,1-8H3,(H,85,86)(H,87,88)/t73?,74-,75-/m1/s1. The molecule has 0 heterocycles. The van der Waals surface area contributed by atoms with Crippen molar-refractivity contribution in [2.75, 3.05) is 39.6 Å². The van der Waals surface area contributed by atoms with Gasteiger partial charge in [0.2, 0.25) is 0 Å². The van der Waals surface area contributed by atoms with Crippen molar-refractivity contribution in [1.82, 2.24) is 0 Å². The number of ether oxygens (including phenoxy) is 4. The van der Waals surface area contributed by atoms with Crippen LogP contribution in [0.15, 0.2) is 0 Å². The topological polar surface area (TPSA) is 237 Å². The number of esters is 4. The van der Waals surface area contributed by atoms with Gasteiger partial charge < -0.3 is 33.8 Å². The zero-order chi connectivity index (χ0) is 72.4. The first-order valence-corrected chi connectivity index (χ1v) is 43.7. The number of hydrogen-bond donors (Lipinski definition) is 3. The second kappa shape index (κ2) is 68.2. The van der Waals surface area contributed by atoms with Gasteiger partial charge in [-0.25, -0.2) is 9.13 Å². The Morgan fingerprint density at radius 1 is 0.255 bits per heavy atom. The molecule has 0 aliphatic carbocycles. The molecule has 0 saturated heterocycles. The van der Waals surface area contributed by atoms with Crippen LogP contribution < -0.4 is 0 Å². The van der Waals surface area contributed by atoms with E-state index < -0.39 is 97.5 Å². The Bertz CT molecular complexity index is 1920. The SMILES string of the molecule is CC(C)CCCCCCCCCCCCCCCCCCCCC(=O)OC[C@H](COP(=O)(O)OCC(O)COP(=O)(O)OC[C@@H](COC(=O)CCCCCCCCCC(C)C)OC(=O)CCCCCCCCC(C)C)OC(=O)CCCCCCCCCCCCCCCCCC(C)C. The summed E-state index contributed by atoms with van der Waals surface area (Å²) in [6.45, 7) is 14.1. The van der Waals surface area contributed by atoms with Crippen molar-refractivity contribution in [1.29, 1.82) is 0 Å². The van der Waals surface area contributed by atoms with Gasteiger partial charge in [0.15, 0.2) is 12.2 Å². The highest BCUT2D eigenvalue weighted by Gasteiger charge is 2.30. The van der Waals surface area contributed by atoms with E-state index in [1.807, 2.05) is 0 Å². The van der Waals surface area contributed by atoms with Crippen molar-refractivity contribution in [2.24, 2.45) is 23.7 Å². The number of hydrogen-bond acceptors (Lipinski definition) is 15. The minimum absolute atomic E-state index is 0.101. The lowest BCUT2D eigenvalue weighted by atomic mass is 10.0. The van der Waals surface area contributed by atoms with E-state index in [1.165, 1.54) is 199 Å². The lowest BCUT2D eigenvalue weighted by Gasteiger charge is -2.21. The van der Waals surface area contributed by atoms with Crippen molar-refractivity contribution in [3.8, 4) is 0 Å². The van der Waals surface area contributed by atoms with E-state index in [2.05, 4.69) is 55.4 Å². The van der Waals surface area contributed by atoms with Gasteiger partial charge >= 0.3 is 39.5 Å². The smallest absolute Gasteiger partial charge is 0.462 e. The molecule has 582 valence electrons. The quantitative estimate of drug-likeness (QED) is 0.0222. The van der Waals surface area contributed by atoms with Crippen molar-refractivity contribution in [3.05, 3.63) is 0 Å². The van der Waals surface area contributed by atoms with Crippen LogP contribution in [0.1, 0.15) is 402 Å². The van der Waals surface area contributed by atoms with Crippen LogP contribution in [0, 0.1) is 23.7 Å². The molecule has 0 aliphatic heterocycles. The minimum Gasteiger partial charge on any atom is -0.462 e. The van der Waals surface area contributed by atoms with Gasteiger partial charge in [0.1, 0.15) is 19.3 Å². The second-order valence-electron chi connectivity index (χ2n) is 30.4. The van der Waals surface area contributed by atoms with Crippen LogP contribution in [-0.4, -0.2) is 96.7 Å². The molecule has 0 bridgehead atoms. The lowest BCUT2D eigenvalue weighted by Crippen LogP contribution is -2.30. The maximum absolute atomic E-state index is 13.1. The first-order valence-electron chi connectivity index (χ1n) is 40.7. The number of phosphoric ester groups is 2. The average Bonchev–Trinajstić information content (AvgIpc) is 0.982. The van der Waals surface area contributed by atoms with Gasteiger partial charge in [0, 0.05) is 25.7 Å². The summed E-state index contributed by atoms with van der Waals surface area (Å²) in [6.07, 6.45) is 54.6. The number of unbranched alkanes of at least 4 members (excludes halogenated alkanes) is 42. The Balaban J connectivity index is 5.18. The molecule has 0 rings (SSSR count). The number of rotatable bonds is 76. The van der Waals surface area contributed by atoms with Gasteiger partial charge in [-0.05, 0) is 49.4 Å². The summed E-state index contributed by atoms with van der Waals surface area (Å²) in [6, 6.07) is 0. The second-order valence-corrected chi connectivity index (χ2v) is 33.3. The summed E-state index contributed by atoms with van der Waals surface area (Å²) in [5, 5.41) is 10.6. The molecule has 98 heavy (non-hydrogen) atoms. The van der Waals surface area contributed by atoms with Crippen molar-refractivity contribution in [3.63, 3.8) is 0 Å². The van der Waals surface area contributed by atoms with Crippen LogP contribution >= 0.6 is 15.6 Å². The highest BCUT2D eigenvalue weighted by Crippen LogP contribution is 2.45. The van der Waals surface area contributed by atoms with E-state index in [0.29, 0.717) is 37.5 Å². The normalized spacial score (nSPS) is 14.1. The van der Waals surface area contributed by atoms with E-state index in [4.69, 9.17) is 37.0 Å². The number of phosphoric acid groups is 2. The van der Waals surface area contributed by atoms with Gasteiger partial charge in [0.05, 0.1) is 26.4 Å². The zero-order valence-corrected chi connectivity index (χ0v) is 66.2. The largest absolute Gasteiger partial charge is 0.472 e. The Kier molecular flexibility index (Phi) is 66.8. The molecule has 0 spiro atoms. The number of carbonyl (C=O) groups is 4. The molecule has 19 heteroatoms. The fourth-order valence-corrected chi connectivity index (χ4v) is 13.7. The molecule has 3 N–H and O–H groups in total. The highest BCUT2D eigenvalue weighted by atomic mass is 31.2. The first-order chi connectivity index (χ1) is 47.1. The lowest BCUT2D eigenvalue weighted by molar-refractivity contribution is -0.161. The molecule has 5 atom stereocenters. The van der Waals surface area contributed by atoms with E-state index in [9.17, 15) is 43.2 Å². The Hall–Kier alpha value is -1.94. The van der Waals surface area contributed by atoms with Crippen LogP contribution in [0.25, 0.3) is 0 Å². The molecule has 3 unspecified atom stereocenters. The zero-order valence-electron chi connectivity index (χ0n) is 64.4. The molecule has 0 aromatic heterocycles. The molecule has 17 nitrogen and oxygen atoms in total. The molecular formula is C79H154O17P2. The minimum atomic E-state index is -4.96. The van der Waals surface area contributed by atoms with Gasteiger partial charge in [-0.3, -0.25) is 37.3 Å². The molecule has 0 amide bonds. The number of aliphatic hydroxyl groups is 1. The Labute approximate surface area is 600 Å². The van der Waals surface area contributed by atoms with Crippen molar-refractivity contribution in [2.45, 2.75) is 420 Å². The van der Waals surface area contributed by atoms with Gasteiger partial charge in [-0.1, -0.05) is 351 Å². The van der Waals surface area contributed by atoms with Gasteiger partial charge in [0.25, 0.3) is 0 Å². The summed E-state index contributed by atoms with van der Waals surface area (Å²) in [5.74, 6) is 0.877. The molecule has 0 radical (unpaired) electrons. The first kappa shape index (κ1) is 96.1. The number of aliphatic hydroxyl groups excluding tert-OH is 1. The fourth-order valence-electron chi connectivity index (χ4n) is 12.1. The predicted molar refractivity (Wildman–Crippen MR) is 400 cm³/mol. The monoisotopic (exact) mass is 1440 g/mol. The Morgan fingerprint density at radius 3 is 0.633 bits per heavy atom. The van der Waals surface area contributed by atoms with Crippen LogP contribution in [0.2, 0.25) is 0 Å². The van der Waals surface area contributed by atoms with Crippen LogP contribution in [0.4, 0.5) is 0 Å². The van der Waals surface area contributed by atoms with Gasteiger partial charge in [-0.2, -0.15) is 0 Å². The summed E-state index contributed by atoms with van der Waals surface area (Å²) >= 11 is 0. The van der Waals surface area contributed by atoms with E-state index in [1.54, 1.807) is 0 Å². The summed E-state index contributed by atoms with van der Waals surface area (Å²) < 4.78 is 68.5. The van der Waals surface area contributed by atoms with E-state index in [0.717, 1.165) is 108 Å². The molecule has 0 aromatic rings. The third kappa shape index (κ3) is 72.4. The third-order valence-electron chi connectivity index (χ3n) is 18.3. The van der Waals surface area contributed by atoms with Crippen molar-refractivity contribution < 1.29 is 80.2 Å². The van der Waals surface area contributed by atoms with Crippen LogP contribution in [0.3, 0.4) is 0 Å². The maximum atomic E-state index is 13.1. The maximum Gasteiger partial charge on any atom is 0.472 e. The molecule has 0 aliphatic rings. The predicted octanol–water partition coefficient (Wildman–Crippen LogP) is 23.2. The van der Waals surface area contributed by atoms with E-state index >= 15 is 0 Å². The Morgan fingerprint density at radius 2 is 0.429 bits per heavy atom. The highest BCUT2D eigenvalue weighted by molar-refractivity contribution is 7.47.